The highest BCUT2D eigenvalue weighted by Crippen LogP contribution is 1.68. The molecule has 0 saturated carbocycles. The summed E-state index contributed by atoms with van der Waals surface area (Å²) in [5, 5.41) is 0. The van der Waals surface area contributed by atoms with Gasteiger partial charge in [-0.05, 0) is 4.99 Å². The lowest BCUT2D eigenvalue weighted by Crippen LogP contribution is -0.895. The number of rotatable bonds is 0. The van der Waals surface area contributed by atoms with E-state index in [9.17, 15) is 0 Å². The Morgan fingerprint density at radius 1 is 1.43 bits per heavy atom. The summed E-state index contributed by atoms with van der Waals surface area (Å²) in [5.41, 5.74) is 0. The molecule has 0 fully saturated rings. The summed E-state index contributed by atoms with van der Waals surface area (Å²) in [6, 6.07) is 0. The maximum Gasteiger partial charge on any atom is 0.0108 e. The third kappa shape index (κ3) is 155. The van der Waals surface area contributed by atoms with E-state index >= 15 is 0 Å². The zero-order valence-corrected chi connectivity index (χ0v) is 7.83. The fraction of sp³-hybridized carbons (Fsp3) is 0.333. The third-order valence-corrected chi connectivity index (χ3v) is 0. The molecule has 0 saturated heterocycles. The van der Waals surface area contributed by atoms with Crippen molar-refractivity contribution in [3.8, 4) is 0 Å². The number of hydrogen-bond acceptors (Lipinski definition) is 0. The van der Waals surface area contributed by atoms with Gasteiger partial charge >= 0.3 is 0 Å². The lowest BCUT2D eigenvalue weighted by atomic mass is 11.3. The van der Waals surface area contributed by atoms with Crippen LogP contribution in [0.5, 0.6) is 0 Å². The van der Waals surface area contributed by atoms with Gasteiger partial charge in [0.25, 0.3) is 0 Å². The predicted octanol–water partition coefficient (Wildman–Crippen LogP) is 3.22. The standard InChI is InChI=1S/C2H3Br.CH3Cl.2ClH/c1-2-3;1-2;;/h2H,1H2;1H3;2*1H. The molecule has 0 aromatic heterocycles. The molecule has 0 unspecified atom stereocenters. The van der Waals surface area contributed by atoms with E-state index in [0.717, 1.165) is 0 Å². The summed E-state index contributed by atoms with van der Waals surface area (Å²) in [5.74, 6) is 0. The molecule has 4 heteroatoms. The summed E-state index contributed by atoms with van der Waals surface area (Å²) >= 11 is 7.55. The van der Waals surface area contributed by atoms with E-state index in [2.05, 4.69) is 34.1 Å². The summed E-state index contributed by atoms with van der Waals surface area (Å²) in [6.45, 7) is 3.28. The molecule has 0 amide bonds. The van der Waals surface area contributed by atoms with Gasteiger partial charge in [0.05, 0.1) is 0 Å². The maximum absolute atomic E-state index is 4.64. The molecule has 0 aromatic carbocycles. The fourth-order valence-electron chi connectivity index (χ4n) is 0. The van der Waals surface area contributed by atoms with Gasteiger partial charge in [-0.15, -0.1) is 36.4 Å². The minimum Gasteiger partial charge on any atom is -0.147 e. The van der Waals surface area contributed by atoms with Crippen molar-refractivity contribution in [2.45, 2.75) is 0 Å². The highest BCUT2D eigenvalue weighted by atomic mass is 79.9. The van der Waals surface area contributed by atoms with E-state index in [0.29, 0.717) is 0 Å². The Morgan fingerprint density at radius 2 is 1.43 bits per heavy atom. The molecule has 0 heterocycles. The van der Waals surface area contributed by atoms with Gasteiger partial charge in [0.15, 0.2) is 0 Å². The monoisotopic (exact) mass is 228 g/mol. The van der Waals surface area contributed by atoms with Crippen molar-refractivity contribution in [3.63, 3.8) is 0 Å². The van der Waals surface area contributed by atoms with Crippen LogP contribution < -0.4 is 0 Å². The van der Waals surface area contributed by atoms with Crippen molar-refractivity contribution in [1.29, 1.82) is 0 Å². The van der Waals surface area contributed by atoms with E-state index in [1.165, 1.54) is 6.38 Å². The molecule has 0 nitrogen and oxygen atoms in total. The molecule has 0 N–H and O–H groups in total. The number of alkyl halides is 1. The predicted molar refractivity (Wildman–Crippen MR) is 45.4 cm³/mol. The summed E-state index contributed by atoms with van der Waals surface area (Å²) in [4.78, 5) is 1.56. The second-order valence-electron chi connectivity index (χ2n) is 0.154. The maximum atomic E-state index is 4.64. The fourth-order valence-corrected chi connectivity index (χ4v) is 0. The Hall–Kier alpha value is 1.09. The summed E-state index contributed by atoms with van der Waals surface area (Å²) in [6.07, 6.45) is 1.47. The van der Waals surface area contributed by atoms with Crippen LogP contribution in [0.1, 0.15) is 0 Å². The van der Waals surface area contributed by atoms with Gasteiger partial charge in [0, 0.05) is 6.38 Å². The molecule has 0 spiro atoms. The van der Waals surface area contributed by atoms with Crippen LogP contribution in [-0.2, 0) is 0 Å². The second kappa shape index (κ2) is 60.2. The molecule has 0 aliphatic carbocycles. The Morgan fingerprint density at radius 3 is 1.43 bits per heavy atom. The molecule has 0 aromatic rings. The van der Waals surface area contributed by atoms with Gasteiger partial charge < -0.3 is 0 Å². The summed E-state index contributed by atoms with van der Waals surface area (Å²) in [7, 11) is 0. The van der Waals surface area contributed by atoms with Gasteiger partial charge in [-0.2, -0.15) is 0 Å². The molecule has 7 heavy (non-hydrogen) atoms. The van der Waals surface area contributed by atoms with Crippen molar-refractivity contribution in [1.82, 2.24) is 0 Å². The highest BCUT2D eigenvalue weighted by molar-refractivity contribution is 9.11. The molecule has 0 atom stereocenters. The third-order valence-electron chi connectivity index (χ3n) is 0. The molecule has 48 valence electrons. The van der Waals surface area contributed by atoms with Gasteiger partial charge in [0.1, 0.15) is 0 Å². The van der Waals surface area contributed by atoms with E-state index in [-0.39, 0.29) is 24.8 Å². The largest absolute Gasteiger partial charge is 0.147 e. The highest BCUT2D eigenvalue weighted by Gasteiger charge is 1.18. The van der Waals surface area contributed by atoms with Crippen LogP contribution in [0, 0.1) is 0 Å². The zero-order chi connectivity index (χ0) is 4.71. The van der Waals surface area contributed by atoms with Crippen LogP contribution in [0.2, 0.25) is 0 Å². The van der Waals surface area contributed by atoms with Crippen LogP contribution in [0.15, 0.2) is 11.6 Å². The Balaban J connectivity index is -0.0000000105. The van der Waals surface area contributed by atoms with Crippen LogP contribution in [0.3, 0.4) is 0 Å². The van der Waals surface area contributed by atoms with Crippen molar-refractivity contribution in [2.75, 3.05) is 6.38 Å². The molecular weight excluding hydrogens is 222 g/mol. The smallest absolute Gasteiger partial charge is 0.0108 e. The molecule has 0 aliphatic rings. The first-order valence-electron chi connectivity index (χ1n) is 1.00. The minimum absolute atomic E-state index is 0. The SMILES string of the molecule is C=CBr.CCl.Cl.Cl. The van der Waals surface area contributed by atoms with E-state index < -0.39 is 0 Å². The number of hydrogen-bond donors (Lipinski definition) is 0. The average molecular weight is 230 g/mol. The van der Waals surface area contributed by atoms with Crippen molar-refractivity contribution in [3.05, 3.63) is 11.6 Å². The van der Waals surface area contributed by atoms with Gasteiger partial charge in [-0.3, -0.25) is 0 Å². The van der Waals surface area contributed by atoms with E-state index in [1.807, 2.05) is 0 Å². The van der Waals surface area contributed by atoms with Crippen molar-refractivity contribution < 1.29 is 0 Å². The van der Waals surface area contributed by atoms with E-state index in [4.69, 9.17) is 0 Å². The zero-order valence-electron chi connectivity index (χ0n) is 3.86. The Bertz CT molecular complexity index is 17.7. The number of halogens is 4. The van der Waals surface area contributed by atoms with Crippen LogP contribution in [-0.4, -0.2) is 6.38 Å². The first-order chi connectivity index (χ1) is 2.41. The lowest BCUT2D eigenvalue weighted by molar-refractivity contribution is 2.46. The van der Waals surface area contributed by atoms with Crippen LogP contribution in [0.25, 0.3) is 0 Å². The first kappa shape index (κ1) is 24.3. The molecular formula is C3H8BrCl3. The first-order valence-corrected chi connectivity index (χ1v) is 2.68. The Kier molecular flexibility index (Phi) is 209. The van der Waals surface area contributed by atoms with Crippen LogP contribution in [0.4, 0.5) is 0 Å². The second-order valence-corrected chi connectivity index (χ2v) is 0.802. The normalized spacial score (nSPS) is 2.71. The molecule has 0 aliphatic heterocycles. The molecule has 0 bridgehead atoms. The topological polar surface area (TPSA) is 0 Å². The van der Waals surface area contributed by atoms with E-state index in [1.54, 1.807) is 4.99 Å². The van der Waals surface area contributed by atoms with Gasteiger partial charge in [-0.1, -0.05) is 22.5 Å². The quantitative estimate of drug-likeness (QED) is 0.561. The van der Waals surface area contributed by atoms with Crippen molar-refractivity contribution in [2.24, 2.45) is 0 Å². The van der Waals surface area contributed by atoms with Crippen LogP contribution >= 0.6 is 52.3 Å². The van der Waals surface area contributed by atoms with Gasteiger partial charge in [0.2, 0.25) is 0 Å². The van der Waals surface area contributed by atoms with Gasteiger partial charge in [-0.25, -0.2) is 0 Å². The van der Waals surface area contributed by atoms with Crippen molar-refractivity contribution >= 4 is 52.3 Å². The molecule has 0 rings (SSSR count). The molecule has 0 radical (unpaired) electrons. The average Bonchev–Trinajstić information content (AvgIpc) is 1.46. The minimum atomic E-state index is 0. The summed E-state index contributed by atoms with van der Waals surface area (Å²) < 4.78 is 0. The Labute approximate surface area is 70.3 Å². The lowest BCUT2D eigenvalue weighted by Gasteiger charge is -1.27.